The summed E-state index contributed by atoms with van der Waals surface area (Å²) in [7, 11) is 0. The van der Waals surface area contributed by atoms with E-state index >= 15 is 0 Å². The van der Waals surface area contributed by atoms with E-state index in [1.54, 1.807) is 17.5 Å². The third-order valence-corrected chi connectivity index (χ3v) is 4.37. The number of fused-ring (bicyclic) bond motifs is 1. The molecule has 0 saturated carbocycles. The van der Waals surface area contributed by atoms with Crippen molar-refractivity contribution in [3.63, 3.8) is 0 Å². The summed E-state index contributed by atoms with van der Waals surface area (Å²) in [6.07, 6.45) is 0.977. The maximum absolute atomic E-state index is 10.3. The maximum atomic E-state index is 10.3. The monoisotopic (exact) mass is 302 g/mol. The van der Waals surface area contributed by atoms with Crippen LogP contribution in [0.1, 0.15) is 16.7 Å². The third-order valence-electron chi connectivity index (χ3n) is 3.13. The van der Waals surface area contributed by atoms with E-state index in [9.17, 15) is 5.11 Å². The summed E-state index contributed by atoms with van der Waals surface area (Å²) in [6, 6.07) is 11.6. The molecule has 1 aromatic carbocycles. The summed E-state index contributed by atoms with van der Waals surface area (Å²) in [5.74, 6) is 0. The van der Waals surface area contributed by atoms with Gasteiger partial charge in [-0.15, -0.1) is 24.0 Å². The Hall–Kier alpha value is -1.40. The number of nitrogens with one attached hydrogen (secondary N) is 1. The van der Waals surface area contributed by atoms with E-state index in [1.807, 2.05) is 41.8 Å². The van der Waals surface area contributed by atoms with Crippen LogP contribution in [0.4, 0.5) is 0 Å². The van der Waals surface area contributed by atoms with Crippen molar-refractivity contribution >= 4 is 34.9 Å². The predicted molar refractivity (Wildman–Crippen MR) is 85.1 cm³/mol. The van der Waals surface area contributed by atoms with Gasteiger partial charge >= 0.3 is 0 Å². The van der Waals surface area contributed by atoms with E-state index < -0.39 is 6.23 Å². The van der Waals surface area contributed by atoms with Gasteiger partial charge in [-0.2, -0.15) is 0 Å². The highest BCUT2D eigenvalue weighted by atomic mass is 32.1. The van der Waals surface area contributed by atoms with Crippen LogP contribution >= 0.6 is 24.0 Å². The minimum Gasteiger partial charge on any atom is -0.374 e. The van der Waals surface area contributed by atoms with Gasteiger partial charge in [0.1, 0.15) is 6.23 Å². The predicted octanol–water partition coefficient (Wildman–Crippen LogP) is 3.37. The van der Waals surface area contributed by atoms with Crippen LogP contribution in [0, 0.1) is 0 Å². The van der Waals surface area contributed by atoms with Crippen molar-refractivity contribution in [1.29, 1.82) is 0 Å². The van der Waals surface area contributed by atoms with Crippen LogP contribution in [0.15, 0.2) is 52.9 Å². The van der Waals surface area contributed by atoms with Crippen molar-refractivity contribution in [2.75, 3.05) is 0 Å². The average Bonchev–Trinajstić information content (AvgIpc) is 2.98. The van der Waals surface area contributed by atoms with Crippen molar-refractivity contribution in [2.45, 2.75) is 17.7 Å². The molecule has 0 radical (unpaired) electrons. The topological polar surface area (TPSA) is 45.1 Å². The Morgan fingerprint density at radius 3 is 2.95 bits per heavy atom. The summed E-state index contributed by atoms with van der Waals surface area (Å²) in [4.78, 5) is 6.33. The number of rotatable bonds is 4. The zero-order chi connectivity index (χ0) is 13.9. The zero-order valence-corrected chi connectivity index (χ0v) is 12.4. The largest absolute Gasteiger partial charge is 0.374 e. The van der Waals surface area contributed by atoms with Gasteiger partial charge in [0.25, 0.3) is 0 Å². The molecule has 0 aliphatic carbocycles. The van der Waals surface area contributed by atoms with Gasteiger partial charge in [0.15, 0.2) is 0 Å². The number of thiol groups is 1. The lowest BCUT2D eigenvalue weighted by Gasteiger charge is -2.15. The van der Waals surface area contributed by atoms with Crippen LogP contribution in [0.5, 0.6) is 0 Å². The van der Waals surface area contributed by atoms with Crippen LogP contribution in [0.2, 0.25) is 0 Å². The lowest BCUT2D eigenvalue weighted by Crippen LogP contribution is -2.20. The van der Waals surface area contributed by atoms with Crippen molar-refractivity contribution in [1.82, 2.24) is 10.3 Å². The van der Waals surface area contributed by atoms with Crippen molar-refractivity contribution in [3.8, 4) is 0 Å². The Morgan fingerprint density at radius 1 is 1.25 bits per heavy atom. The second-order valence-corrected chi connectivity index (χ2v) is 5.95. The number of hydrogen-bond donors (Lipinski definition) is 3. The van der Waals surface area contributed by atoms with E-state index in [1.165, 1.54) is 4.88 Å². The van der Waals surface area contributed by atoms with Crippen molar-refractivity contribution in [2.24, 2.45) is 0 Å². The Balaban J connectivity index is 1.87. The number of hydrogen-bond acceptors (Lipinski definition) is 5. The van der Waals surface area contributed by atoms with E-state index in [4.69, 9.17) is 0 Å². The molecule has 0 aliphatic rings. The lowest BCUT2D eigenvalue weighted by atomic mass is 10.1. The molecule has 0 saturated heterocycles. The molecule has 0 bridgehead atoms. The van der Waals surface area contributed by atoms with E-state index in [0.717, 1.165) is 21.4 Å². The van der Waals surface area contributed by atoms with Gasteiger partial charge in [-0.05, 0) is 23.6 Å². The molecule has 1 atom stereocenters. The normalized spacial score (nSPS) is 12.7. The number of aliphatic hydroxyl groups excluding tert-OH is 1. The molecule has 2 aromatic heterocycles. The summed E-state index contributed by atoms with van der Waals surface area (Å²) >= 11 is 6.07. The third kappa shape index (κ3) is 2.71. The number of aromatic nitrogens is 1. The Morgan fingerprint density at radius 2 is 2.15 bits per heavy atom. The summed E-state index contributed by atoms with van der Waals surface area (Å²) in [5, 5.41) is 16.4. The Kier molecular flexibility index (Phi) is 4.03. The summed E-state index contributed by atoms with van der Waals surface area (Å²) in [6.45, 7) is 0.642. The van der Waals surface area contributed by atoms with Crippen molar-refractivity contribution in [3.05, 3.63) is 58.4 Å². The molecule has 3 nitrogen and oxygen atoms in total. The first-order valence-corrected chi connectivity index (χ1v) is 7.59. The molecule has 0 spiro atoms. The second-order valence-electron chi connectivity index (χ2n) is 4.44. The van der Waals surface area contributed by atoms with Gasteiger partial charge in [-0.3, -0.25) is 10.3 Å². The quantitative estimate of drug-likeness (QED) is 0.511. The lowest BCUT2D eigenvalue weighted by molar-refractivity contribution is 0.139. The van der Waals surface area contributed by atoms with Gasteiger partial charge in [0.05, 0.1) is 5.52 Å². The Bertz CT molecular complexity index is 713. The van der Waals surface area contributed by atoms with Crippen LogP contribution in [-0.2, 0) is 6.54 Å². The fourth-order valence-corrected chi connectivity index (χ4v) is 3.06. The maximum Gasteiger partial charge on any atom is 0.132 e. The molecule has 102 valence electrons. The fraction of sp³-hybridized carbons (Fsp3) is 0.133. The smallest absolute Gasteiger partial charge is 0.132 e. The molecular weight excluding hydrogens is 288 g/mol. The van der Waals surface area contributed by atoms with Gasteiger partial charge in [-0.1, -0.05) is 18.2 Å². The average molecular weight is 302 g/mol. The number of aliphatic hydroxyl groups is 1. The minimum absolute atomic E-state index is 0.642. The molecule has 0 amide bonds. The molecule has 20 heavy (non-hydrogen) atoms. The number of benzene rings is 1. The van der Waals surface area contributed by atoms with Crippen molar-refractivity contribution < 1.29 is 5.11 Å². The van der Waals surface area contributed by atoms with Gasteiger partial charge in [0, 0.05) is 33.5 Å². The van der Waals surface area contributed by atoms with E-state index in [-0.39, 0.29) is 0 Å². The first-order chi connectivity index (χ1) is 9.75. The standard InChI is InChI=1S/C15H14N2OS2/c18-15(17-9-10-3-2-8-20-10)12-6-7-16-14-11(12)4-1-5-13(14)19/h1-8,15,17-19H,9H2. The summed E-state index contributed by atoms with van der Waals surface area (Å²) < 4.78 is 0. The Labute approximate surface area is 126 Å². The highest BCUT2D eigenvalue weighted by Crippen LogP contribution is 2.26. The van der Waals surface area contributed by atoms with Gasteiger partial charge in [0.2, 0.25) is 0 Å². The molecule has 3 aromatic rings. The first kappa shape index (κ1) is 13.6. The summed E-state index contributed by atoms with van der Waals surface area (Å²) in [5.41, 5.74) is 1.63. The van der Waals surface area contributed by atoms with E-state index in [2.05, 4.69) is 22.9 Å². The zero-order valence-electron chi connectivity index (χ0n) is 10.7. The van der Waals surface area contributed by atoms with Crippen LogP contribution < -0.4 is 5.32 Å². The van der Waals surface area contributed by atoms with Crippen LogP contribution in [0.3, 0.4) is 0 Å². The first-order valence-electron chi connectivity index (χ1n) is 6.26. The SMILES string of the molecule is OC(NCc1cccs1)c1ccnc2c(S)cccc12. The molecule has 0 fully saturated rings. The van der Waals surface area contributed by atoms with Crippen LogP contribution in [-0.4, -0.2) is 10.1 Å². The molecular formula is C15H14N2OS2. The molecule has 5 heteroatoms. The highest BCUT2D eigenvalue weighted by Gasteiger charge is 2.12. The molecule has 2 N–H and O–H groups in total. The second kappa shape index (κ2) is 5.93. The number of para-hydroxylation sites is 1. The minimum atomic E-state index is -0.724. The number of pyridine rings is 1. The van der Waals surface area contributed by atoms with Gasteiger partial charge < -0.3 is 5.11 Å². The van der Waals surface area contributed by atoms with Gasteiger partial charge in [-0.25, -0.2) is 0 Å². The van der Waals surface area contributed by atoms with Crippen LogP contribution in [0.25, 0.3) is 10.9 Å². The molecule has 1 unspecified atom stereocenters. The molecule has 3 rings (SSSR count). The number of nitrogens with zero attached hydrogens (tertiary/aromatic N) is 1. The highest BCUT2D eigenvalue weighted by molar-refractivity contribution is 7.80. The number of thiophene rings is 1. The van der Waals surface area contributed by atoms with E-state index in [0.29, 0.717) is 6.54 Å². The fourth-order valence-electron chi connectivity index (χ4n) is 2.14. The molecule has 0 aliphatic heterocycles. The molecule has 2 heterocycles.